The summed E-state index contributed by atoms with van der Waals surface area (Å²) in [5.41, 5.74) is 0. The quantitative estimate of drug-likeness (QED) is 0.687. The zero-order valence-electron chi connectivity index (χ0n) is 15.1. The average molecular weight is 408 g/mol. The van der Waals surface area contributed by atoms with E-state index in [1.165, 1.54) is 32.4 Å². The first kappa shape index (κ1) is 22.5. The fourth-order valence-corrected chi connectivity index (χ4v) is 3.72. The monoisotopic (exact) mass is 407 g/mol. The maximum atomic E-state index is 12.4. The van der Waals surface area contributed by atoms with Crippen LogP contribution in [0.4, 0.5) is 0 Å². The molecule has 10 heteroatoms. The van der Waals surface area contributed by atoms with Crippen LogP contribution in [-0.2, 0) is 14.8 Å². The van der Waals surface area contributed by atoms with Gasteiger partial charge in [0.15, 0.2) is 11.5 Å². The number of benzene rings is 1. The number of nitrogens with zero attached hydrogens (tertiary/aromatic N) is 1. The van der Waals surface area contributed by atoms with E-state index in [0.29, 0.717) is 24.6 Å². The van der Waals surface area contributed by atoms with E-state index in [9.17, 15) is 13.2 Å². The molecule has 1 saturated heterocycles. The highest BCUT2D eigenvalue weighted by molar-refractivity contribution is 7.89. The molecule has 1 unspecified atom stereocenters. The summed E-state index contributed by atoms with van der Waals surface area (Å²) in [6.07, 6.45) is 0.124. The Hall–Kier alpha value is -1.55. The van der Waals surface area contributed by atoms with Gasteiger partial charge in [0.05, 0.1) is 19.1 Å². The van der Waals surface area contributed by atoms with Gasteiger partial charge >= 0.3 is 0 Å². The molecule has 148 valence electrons. The van der Waals surface area contributed by atoms with Crippen molar-refractivity contribution >= 4 is 28.3 Å². The normalized spacial score (nSPS) is 17.3. The van der Waals surface area contributed by atoms with Crippen molar-refractivity contribution < 1.29 is 22.7 Å². The highest BCUT2D eigenvalue weighted by Crippen LogP contribution is 2.29. The van der Waals surface area contributed by atoms with Crippen LogP contribution < -0.4 is 19.5 Å². The molecule has 0 aromatic heterocycles. The van der Waals surface area contributed by atoms with Crippen LogP contribution in [0.3, 0.4) is 0 Å². The zero-order chi connectivity index (χ0) is 18.4. The van der Waals surface area contributed by atoms with E-state index < -0.39 is 10.0 Å². The molecule has 8 nitrogen and oxygen atoms in total. The summed E-state index contributed by atoms with van der Waals surface area (Å²) in [4.78, 5) is 14.0. The molecule has 2 N–H and O–H groups in total. The van der Waals surface area contributed by atoms with Crippen molar-refractivity contribution in [3.63, 3.8) is 0 Å². The van der Waals surface area contributed by atoms with Crippen LogP contribution in [-0.4, -0.2) is 65.7 Å². The van der Waals surface area contributed by atoms with Crippen LogP contribution in [0.1, 0.15) is 13.3 Å². The minimum atomic E-state index is -3.72. The number of nitrogens with one attached hydrogen (secondary N) is 2. The second-order valence-corrected chi connectivity index (χ2v) is 7.63. The predicted molar refractivity (Wildman–Crippen MR) is 101 cm³/mol. The topological polar surface area (TPSA) is 97.0 Å². The van der Waals surface area contributed by atoms with Crippen molar-refractivity contribution in [3.05, 3.63) is 18.2 Å². The smallest absolute Gasteiger partial charge is 0.240 e. The summed E-state index contributed by atoms with van der Waals surface area (Å²) in [6.45, 7) is 4.10. The van der Waals surface area contributed by atoms with Crippen molar-refractivity contribution in [2.75, 3.05) is 40.4 Å². The summed E-state index contributed by atoms with van der Waals surface area (Å²) in [5, 5.41) is 3.26. The van der Waals surface area contributed by atoms with E-state index >= 15 is 0 Å². The summed E-state index contributed by atoms with van der Waals surface area (Å²) >= 11 is 0. The van der Waals surface area contributed by atoms with E-state index in [0.717, 1.165) is 6.54 Å². The van der Waals surface area contributed by atoms with Gasteiger partial charge in [-0.15, -0.1) is 12.4 Å². The summed E-state index contributed by atoms with van der Waals surface area (Å²) in [7, 11) is -0.805. The molecule has 0 spiro atoms. The van der Waals surface area contributed by atoms with Crippen molar-refractivity contribution in [1.82, 2.24) is 14.9 Å². The summed E-state index contributed by atoms with van der Waals surface area (Å²) in [6, 6.07) is 4.60. The molecular formula is C16H26ClN3O5S. The van der Waals surface area contributed by atoms with Crippen LogP contribution in [0.15, 0.2) is 23.1 Å². The molecule has 1 aliphatic heterocycles. The first-order valence-corrected chi connectivity index (χ1v) is 9.58. The van der Waals surface area contributed by atoms with E-state index in [1.807, 2.05) is 6.92 Å². The third kappa shape index (κ3) is 5.73. The Morgan fingerprint density at radius 3 is 2.62 bits per heavy atom. The molecule has 1 amide bonds. The highest BCUT2D eigenvalue weighted by Gasteiger charge is 2.21. The number of methoxy groups -OCH3 is 2. The number of amides is 1. The maximum Gasteiger partial charge on any atom is 0.240 e. The Labute approximate surface area is 160 Å². The predicted octanol–water partition coefficient (Wildman–Crippen LogP) is 0.614. The number of carbonyl (C=O) groups excluding carboxylic acids is 1. The highest BCUT2D eigenvalue weighted by atomic mass is 35.5. The van der Waals surface area contributed by atoms with E-state index in [2.05, 4.69) is 10.0 Å². The molecule has 1 aliphatic rings. The van der Waals surface area contributed by atoms with Gasteiger partial charge in [0.2, 0.25) is 15.9 Å². The van der Waals surface area contributed by atoms with Crippen molar-refractivity contribution in [2.45, 2.75) is 24.3 Å². The Morgan fingerprint density at radius 1 is 1.31 bits per heavy atom. The Morgan fingerprint density at radius 2 is 2.00 bits per heavy atom. The molecule has 0 bridgehead atoms. The molecule has 0 saturated carbocycles. The number of sulfonamides is 1. The minimum Gasteiger partial charge on any atom is -0.493 e. The molecule has 1 aromatic rings. The van der Waals surface area contributed by atoms with Crippen LogP contribution in [0.2, 0.25) is 0 Å². The van der Waals surface area contributed by atoms with Gasteiger partial charge in [-0.05, 0) is 19.1 Å². The number of halogens is 1. The number of hydrogen-bond acceptors (Lipinski definition) is 6. The fourth-order valence-electron chi connectivity index (χ4n) is 2.68. The van der Waals surface area contributed by atoms with Gasteiger partial charge in [0, 0.05) is 44.7 Å². The first-order valence-electron chi connectivity index (χ1n) is 8.10. The van der Waals surface area contributed by atoms with Crippen LogP contribution >= 0.6 is 12.4 Å². The first-order chi connectivity index (χ1) is 11.9. The largest absolute Gasteiger partial charge is 0.493 e. The number of piperazine rings is 1. The lowest BCUT2D eigenvalue weighted by molar-refractivity contribution is -0.132. The number of rotatable bonds is 7. The van der Waals surface area contributed by atoms with E-state index in [4.69, 9.17) is 9.47 Å². The number of hydrogen-bond donors (Lipinski definition) is 2. The Kier molecular flexibility index (Phi) is 8.61. The molecule has 1 atom stereocenters. The maximum absolute atomic E-state index is 12.4. The van der Waals surface area contributed by atoms with Gasteiger partial charge in [-0.3, -0.25) is 4.79 Å². The second kappa shape index (κ2) is 9.96. The standard InChI is InChI=1S/C16H25N3O5S.ClH/c1-12-11-19(9-8-17-12)16(20)6-7-18-25(21,22)13-4-5-14(23-2)15(10-13)24-3;/h4-5,10,12,17-18H,6-9,11H2,1-3H3;1H. The van der Waals surface area contributed by atoms with Gasteiger partial charge in [-0.2, -0.15) is 0 Å². The summed E-state index contributed by atoms with van der Waals surface area (Å²) in [5.74, 6) is 0.726. The third-order valence-corrected chi connectivity index (χ3v) is 5.48. The van der Waals surface area contributed by atoms with Crippen LogP contribution in [0.5, 0.6) is 11.5 Å². The fraction of sp³-hybridized carbons (Fsp3) is 0.562. The van der Waals surface area contributed by atoms with E-state index in [1.54, 1.807) is 4.90 Å². The van der Waals surface area contributed by atoms with Gasteiger partial charge in [-0.25, -0.2) is 13.1 Å². The minimum absolute atomic E-state index is 0. The molecule has 1 aromatic carbocycles. The Bertz CT molecular complexity index is 714. The lowest BCUT2D eigenvalue weighted by Crippen LogP contribution is -2.51. The molecule has 1 heterocycles. The van der Waals surface area contributed by atoms with E-state index in [-0.39, 0.29) is 42.2 Å². The molecular weight excluding hydrogens is 382 g/mol. The molecule has 26 heavy (non-hydrogen) atoms. The van der Waals surface area contributed by atoms with Gasteiger partial charge in [0.1, 0.15) is 0 Å². The lowest BCUT2D eigenvalue weighted by atomic mass is 10.2. The van der Waals surface area contributed by atoms with Crippen molar-refractivity contribution in [3.8, 4) is 11.5 Å². The number of carbonyl (C=O) groups is 1. The lowest BCUT2D eigenvalue weighted by Gasteiger charge is -2.32. The molecule has 0 aliphatic carbocycles. The summed E-state index contributed by atoms with van der Waals surface area (Å²) < 4.78 is 37.4. The SMILES string of the molecule is COc1ccc(S(=O)(=O)NCCC(=O)N2CCNC(C)C2)cc1OC.Cl. The van der Waals surface area contributed by atoms with Gasteiger partial charge < -0.3 is 19.7 Å². The van der Waals surface area contributed by atoms with Crippen molar-refractivity contribution in [2.24, 2.45) is 0 Å². The third-order valence-electron chi connectivity index (χ3n) is 4.02. The number of ether oxygens (including phenoxy) is 2. The Balaban J connectivity index is 0.00000338. The average Bonchev–Trinajstić information content (AvgIpc) is 2.60. The van der Waals surface area contributed by atoms with Crippen LogP contribution in [0.25, 0.3) is 0 Å². The molecule has 2 rings (SSSR count). The van der Waals surface area contributed by atoms with Gasteiger partial charge in [0.25, 0.3) is 0 Å². The van der Waals surface area contributed by atoms with Gasteiger partial charge in [-0.1, -0.05) is 0 Å². The van der Waals surface area contributed by atoms with Crippen molar-refractivity contribution in [1.29, 1.82) is 0 Å². The second-order valence-electron chi connectivity index (χ2n) is 5.86. The van der Waals surface area contributed by atoms with Crippen LogP contribution in [0, 0.1) is 0 Å². The molecule has 1 fully saturated rings. The molecule has 0 radical (unpaired) electrons. The zero-order valence-corrected chi connectivity index (χ0v) is 16.8.